The van der Waals surface area contributed by atoms with Gasteiger partial charge in [0.25, 0.3) is 0 Å². The maximum atomic E-state index is 12.5. The number of benzene rings is 2. The van der Waals surface area contributed by atoms with Crippen LogP contribution in [0, 0.1) is 0 Å². The van der Waals surface area contributed by atoms with E-state index in [0.29, 0.717) is 5.56 Å². The van der Waals surface area contributed by atoms with Crippen LogP contribution in [0.3, 0.4) is 0 Å². The molecule has 28 heavy (non-hydrogen) atoms. The molecular formula is C17H20BrN3O5S2. The molecule has 1 amide bonds. The van der Waals surface area contributed by atoms with Gasteiger partial charge in [-0.15, -0.1) is 0 Å². The van der Waals surface area contributed by atoms with E-state index < -0.39 is 32.0 Å². The van der Waals surface area contributed by atoms with Crippen molar-refractivity contribution in [3.63, 3.8) is 0 Å². The lowest BCUT2D eigenvalue weighted by Crippen LogP contribution is -2.39. The van der Waals surface area contributed by atoms with E-state index in [1.807, 2.05) is 0 Å². The van der Waals surface area contributed by atoms with Crippen LogP contribution in [-0.2, 0) is 24.8 Å². The Kier molecular flexibility index (Phi) is 6.99. The van der Waals surface area contributed by atoms with Gasteiger partial charge in [-0.25, -0.2) is 22.0 Å². The summed E-state index contributed by atoms with van der Waals surface area (Å²) in [4.78, 5) is 12.3. The number of nitrogens with one attached hydrogen (secondary N) is 1. The zero-order chi connectivity index (χ0) is 21.1. The van der Waals surface area contributed by atoms with Crippen molar-refractivity contribution in [1.82, 2.24) is 9.62 Å². The second-order valence-corrected chi connectivity index (χ2v) is 10.6. The van der Waals surface area contributed by atoms with E-state index in [1.165, 1.54) is 43.4 Å². The molecule has 3 N–H and O–H groups in total. The lowest BCUT2D eigenvalue weighted by Gasteiger charge is -2.19. The van der Waals surface area contributed by atoms with Crippen molar-refractivity contribution in [3.05, 3.63) is 58.6 Å². The van der Waals surface area contributed by atoms with Gasteiger partial charge in [0.2, 0.25) is 26.0 Å². The fourth-order valence-corrected chi connectivity index (χ4v) is 4.30. The maximum absolute atomic E-state index is 12.5. The number of amides is 1. The molecule has 0 heterocycles. The molecule has 0 spiro atoms. The van der Waals surface area contributed by atoms with Gasteiger partial charge < -0.3 is 5.32 Å². The Balaban J connectivity index is 2.03. The van der Waals surface area contributed by atoms with Gasteiger partial charge in [0.15, 0.2) is 0 Å². The van der Waals surface area contributed by atoms with Gasteiger partial charge in [-0.2, -0.15) is 4.31 Å². The van der Waals surface area contributed by atoms with Crippen LogP contribution in [0.15, 0.2) is 62.8 Å². The minimum atomic E-state index is -3.80. The second kappa shape index (κ2) is 8.70. The number of carbonyl (C=O) groups excluding carboxylic acids is 1. The fourth-order valence-electron chi connectivity index (χ4n) is 2.39. The van der Waals surface area contributed by atoms with Gasteiger partial charge >= 0.3 is 0 Å². The van der Waals surface area contributed by atoms with Crippen molar-refractivity contribution in [3.8, 4) is 0 Å². The van der Waals surface area contributed by atoms with E-state index in [9.17, 15) is 21.6 Å². The molecule has 0 saturated heterocycles. The summed E-state index contributed by atoms with van der Waals surface area (Å²) in [5.74, 6) is -0.494. The standard InChI is InChI=1S/C17H20BrN3O5S2/c1-12(13-3-7-15(8-4-13)27(19,23)24)20-17(22)11-21(2)28(25,26)16-9-5-14(18)6-10-16/h3-10,12H,11H2,1-2H3,(H,20,22)(H2,19,23,24). The third-order valence-electron chi connectivity index (χ3n) is 3.97. The van der Waals surface area contributed by atoms with Gasteiger partial charge in [-0.3, -0.25) is 4.79 Å². The van der Waals surface area contributed by atoms with Crippen LogP contribution in [0.25, 0.3) is 0 Å². The highest BCUT2D eigenvalue weighted by atomic mass is 79.9. The lowest BCUT2D eigenvalue weighted by molar-refractivity contribution is -0.121. The largest absolute Gasteiger partial charge is 0.348 e. The molecule has 152 valence electrons. The first-order chi connectivity index (χ1) is 12.9. The number of carbonyl (C=O) groups is 1. The van der Waals surface area contributed by atoms with Crippen molar-refractivity contribution in [2.45, 2.75) is 22.8 Å². The molecule has 11 heteroatoms. The first kappa shape index (κ1) is 22.5. The summed E-state index contributed by atoms with van der Waals surface area (Å²) in [5, 5.41) is 7.74. The smallest absolute Gasteiger partial charge is 0.243 e. The molecule has 0 radical (unpaired) electrons. The predicted molar refractivity (Wildman–Crippen MR) is 108 cm³/mol. The van der Waals surface area contributed by atoms with E-state index in [4.69, 9.17) is 5.14 Å². The molecule has 2 aromatic carbocycles. The summed E-state index contributed by atoms with van der Waals surface area (Å²) in [6.45, 7) is 1.34. The first-order valence-electron chi connectivity index (χ1n) is 8.05. The summed E-state index contributed by atoms with van der Waals surface area (Å²) < 4.78 is 49.3. The zero-order valence-corrected chi connectivity index (χ0v) is 18.4. The molecule has 1 unspecified atom stereocenters. The molecule has 8 nitrogen and oxygen atoms in total. The van der Waals surface area contributed by atoms with E-state index in [-0.39, 0.29) is 16.3 Å². The first-order valence-corrected chi connectivity index (χ1v) is 11.8. The van der Waals surface area contributed by atoms with E-state index in [0.717, 1.165) is 8.78 Å². The molecule has 2 rings (SSSR count). The Morgan fingerprint density at radius 3 is 2.04 bits per heavy atom. The summed E-state index contributed by atoms with van der Waals surface area (Å²) in [7, 11) is -6.27. The normalized spacial score (nSPS) is 13.3. The summed E-state index contributed by atoms with van der Waals surface area (Å²) in [6, 6.07) is 11.4. The van der Waals surface area contributed by atoms with Crippen LogP contribution in [0.4, 0.5) is 0 Å². The second-order valence-electron chi connectivity index (χ2n) is 6.12. The molecular weight excluding hydrogens is 470 g/mol. The molecule has 0 aromatic heterocycles. The van der Waals surface area contributed by atoms with Crippen molar-refractivity contribution in [2.24, 2.45) is 5.14 Å². The number of hydrogen-bond donors (Lipinski definition) is 2. The minimum Gasteiger partial charge on any atom is -0.348 e. The average molecular weight is 490 g/mol. The van der Waals surface area contributed by atoms with E-state index >= 15 is 0 Å². The molecule has 1 atom stereocenters. The van der Waals surface area contributed by atoms with Crippen LogP contribution in [-0.4, -0.2) is 40.6 Å². The molecule has 0 aliphatic carbocycles. The number of likely N-dealkylation sites (N-methyl/N-ethyl adjacent to an activating group) is 1. The molecule has 0 saturated carbocycles. The summed E-state index contributed by atoms with van der Waals surface area (Å²) in [6.07, 6.45) is 0. The highest BCUT2D eigenvalue weighted by Gasteiger charge is 2.23. The number of nitrogens with two attached hydrogens (primary N) is 1. The topological polar surface area (TPSA) is 127 Å². The number of halogens is 1. The molecule has 0 aliphatic rings. The van der Waals surface area contributed by atoms with Crippen molar-refractivity contribution >= 4 is 41.9 Å². The van der Waals surface area contributed by atoms with Gasteiger partial charge in [0.05, 0.1) is 22.4 Å². The third kappa shape index (κ3) is 5.61. The zero-order valence-electron chi connectivity index (χ0n) is 15.2. The summed E-state index contributed by atoms with van der Waals surface area (Å²) in [5.41, 5.74) is 0.652. The van der Waals surface area contributed by atoms with Crippen LogP contribution >= 0.6 is 15.9 Å². The average Bonchev–Trinajstić information content (AvgIpc) is 2.61. The van der Waals surface area contributed by atoms with E-state index in [2.05, 4.69) is 21.2 Å². The number of primary sulfonamides is 1. The molecule has 0 fully saturated rings. The number of sulfonamides is 2. The Hall–Kier alpha value is -1.79. The van der Waals surface area contributed by atoms with Crippen molar-refractivity contribution in [2.75, 3.05) is 13.6 Å². The molecule has 2 aromatic rings. The number of nitrogens with zero attached hydrogens (tertiary/aromatic N) is 1. The third-order valence-corrected chi connectivity index (χ3v) is 7.25. The van der Waals surface area contributed by atoms with E-state index in [1.54, 1.807) is 19.1 Å². The molecule has 0 bridgehead atoms. The van der Waals surface area contributed by atoms with Gasteiger partial charge in [0, 0.05) is 11.5 Å². The monoisotopic (exact) mass is 489 g/mol. The maximum Gasteiger partial charge on any atom is 0.243 e. The highest BCUT2D eigenvalue weighted by Crippen LogP contribution is 2.18. The van der Waals surface area contributed by atoms with Crippen LogP contribution in [0.1, 0.15) is 18.5 Å². The predicted octanol–water partition coefficient (Wildman–Crippen LogP) is 1.59. The van der Waals surface area contributed by atoms with Crippen LogP contribution in [0.5, 0.6) is 0 Å². The number of hydrogen-bond acceptors (Lipinski definition) is 5. The Bertz CT molecular complexity index is 1050. The Morgan fingerprint density at radius 1 is 1.04 bits per heavy atom. The van der Waals surface area contributed by atoms with Crippen LogP contribution in [0.2, 0.25) is 0 Å². The lowest BCUT2D eigenvalue weighted by atomic mass is 10.1. The quantitative estimate of drug-likeness (QED) is 0.610. The van der Waals surface area contributed by atoms with Crippen LogP contribution < -0.4 is 10.5 Å². The highest BCUT2D eigenvalue weighted by molar-refractivity contribution is 9.10. The van der Waals surface area contributed by atoms with Crippen molar-refractivity contribution in [1.29, 1.82) is 0 Å². The fraction of sp³-hybridized carbons (Fsp3) is 0.235. The van der Waals surface area contributed by atoms with Gasteiger partial charge in [-0.05, 0) is 48.9 Å². The number of rotatable bonds is 7. The van der Waals surface area contributed by atoms with Gasteiger partial charge in [0.1, 0.15) is 0 Å². The SMILES string of the molecule is CC(NC(=O)CN(C)S(=O)(=O)c1ccc(Br)cc1)c1ccc(S(N)(=O)=O)cc1. The Labute approximate surface area is 173 Å². The van der Waals surface area contributed by atoms with Crippen molar-refractivity contribution < 1.29 is 21.6 Å². The van der Waals surface area contributed by atoms with Gasteiger partial charge in [-0.1, -0.05) is 28.1 Å². The Morgan fingerprint density at radius 2 is 1.54 bits per heavy atom. The minimum absolute atomic E-state index is 0.0323. The summed E-state index contributed by atoms with van der Waals surface area (Å²) >= 11 is 3.24. The molecule has 0 aliphatic heterocycles.